The molecule has 37 heavy (non-hydrogen) atoms. The van der Waals surface area contributed by atoms with Gasteiger partial charge in [-0.05, 0) is 53.8 Å². The lowest BCUT2D eigenvalue weighted by atomic mass is 9.86. The molecule has 188 valence electrons. The normalized spacial score (nSPS) is 14.5. The van der Waals surface area contributed by atoms with E-state index in [1.165, 1.54) is 6.07 Å². The maximum Gasteiger partial charge on any atom is 0.336 e. The minimum absolute atomic E-state index is 0.0318. The Kier molecular flexibility index (Phi) is 7.28. The van der Waals surface area contributed by atoms with Crippen LogP contribution in [0, 0.1) is 5.92 Å². The molecule has 0 amide bonds. The third-order valence-corrected chi connectivity index (χ3v) is 7.31. The largest absolute Gasteiger partial charge is 0.504 e. The Morgan fingerprint density at radius 2 is 1.65 bits per heavy atom. The summed E-state index contributed by atoms with van der Waals surface area (Å²) in [5.41, 5.74) is 3.05. The first-order valence-corrected chi connectivity index (χ1v) is 13.0. The van der Waals surface area contributed by atoms with Gasteiger partial charge in [0, 0.05) is 11.1 Å². The van der Waals surface area contributed by atoms with Gasteiger partial charge >= 0.3 is 5.97 Å². The SMILES string of the molecule is O=C(O)C(=C(CC1CCCC1)C(=O)c1ccc(OCc2ccccc2)c(O)c1)c1ccc2nsnc2c1. The minimum Gasteiger partial charge on any atom is -0.504 e. The molecule has 0 spiro atoms. The van der Waals surface area contributed by atoms with E-state index in [0.29, 0.717) is 23.0 Å². The second-order valence-electron chi connectivity index (χ2n) is 9.27. The van der Waals surface area contributed by atoms with E-state index in [0.717, 1.165) is 43.0 Å². The molecule has 1 saturated carbocycles. The number of carbonyl (C=O) groups excluding carboxylic acids is 1. The van der Waals surface area contributed by atoms with Crippen molar-refractivity contribution in [3.8, 4) is 11.5 Å². The molecule has 1 aliphatic rings. The third-order valence-electron chi connectivity index (χ3n) is 6.76. The lowest BCUT2D eigenvalue weighted by Gasteiger charge is -2.17. The molecule has 3 aromatic carbocycles. The number of phenolic OH excluding ortho intramolecular Hbond substituents is 1. The monoisotopic (exact) mass is 514 g/mol. The Labute approximate surface area is 218 Å². The Morgan fingerprint density at radius 3 is 2.38 bits per heavy atom. The minimum atomic E-state index is -1.17. The fraction of sp³-hybridized carbons (Fsp3) is 0.241. The van der Waals surface area contributed by atoms with Gasteiger partial charge in [0.1, 0.15) is 17.6 Å². The highest BCUT2D eigenvalue weighted by molar-refractivity contribution is 7.00. The number of aromatic hydroxyl groups is 1. The molecule has 1 heterocycles. The van der Waals surface area contributed by atoms with Crippen LogP contribution >= 0.6 is 11.7 Å². The summed E-state index contributed by atoms with van der Waals surface area (Å²) >= 11 is 1.05. The standard InChI is InChI=1S/C29H26N2O5S/c32-25-16-21(11-13-26(25)36-17-19-8-2-1-3-9-19)28(33)22(14-18-6-4-5-7-18)27(29(34)35)20-10-12-23-24(15-20)31-37-30-23/h1-3,8-13,15-16,18,32H,4-7,14,17H2,(H,34,35). The second-order valence-corrected chi connectivity index (χ2v) is 9.80. The summed E-state index contributed by atoms with van der Waals surface area (Å²) in [5, 5.41) is 20.9. The van der Waals surface area contributed by atoms with Gasteiger partial charge in [0.15, 0.2) is 17.3 Å². The van der Waals surface area contributed by atoms with Crippen LogP contribution in [0.15, 0.2) is 72.3 Å². The maximum atomic E-state index is 13.8. The number of phenols is 1. The Morgan fingerprint density at radius 1 is 0.919 bits per heavy atom. The summed E-state index contributed by atoms with van der Waals surface area (Å²) in [5.74, 6) is -1.27. The molecule has 0 unspecified atom stereocenters. The molecule has 4 aromatic rings. The van der Waals surface area contributed by atoms with Crippen LogP contribution in [0.5, 0.6) is 11.5 Å². The van der Waals surface area contributed by atoms with E-state index in [-0.39, 0.29) is 40.7 Å². The van der Waals surface area contributed by atoms with Gasteiger partial charge in [0.2, 0.25) is 0 Å². The summed E-state index contributed by atoms with van der Waals surface area (Å²) in [6.45, 7) is 0.269. The molecule has 0 atom stereocenters. The van der Waals surface area contributed by atoms with E-state index in [9.17, 15) is 19.8 Å². The van der Waals surface area contributed by atoms with Crippen LogP contribution in [0.3, 0.4) is 0 Å². The number of carboxylic acid groups (broad SMARTS) is 1. The number of benzene rings is 3. The number of nitrogens with zero attached hydrogens (tertiary/aromatic N) is 2. The van der Waals surface area contributed by atoms with Gasteiger partial charge in [0.05, 0.1) is 17.3 Å². The van der Waals surface area contributed by atoms with Gasteiger partial charge in [-0.3, -0.25) is 4.79 Å². The highest BCUT2D eigenvalue weighted by Crippen LogP contribution is 2.36. The zero-order chi connectivity index (χ0) is 25.8. The van der Waals surface area contributed by atoms with Crippen molar-refractivity contribution in [3.63, 3.8) is 0 Å². The molecule has 2 N–H and O–H groups in total. The lowest BCUT2D eigenvalue weighted by molar-refractivity contribution is -0.130. The van der Waals surface area contributed by atoms with Gasteiger partial charge < -0.3 is 14.9 Å². The first kappa shape index (κ1) is 24.6. The highest BCUT2D eigenvalue weighted by atomic mass is 32.1. The van der Waals surface area contributed by atoms with Crippen molar-refractivity contribution in [1.29, 1.82) is 0 Å². The number of hydrogen-bond donors (Lipinski definition) is 2. The van der Waals surface area contributed by atoms with E-state index in [2.05, 4.69) is 8.75 Å². The number of Topliss-reactive ketones (excluding diaryl/α,β-unsaturated/α-hetero) is 1. The van der Waals surface area contributed by atoms with E-state index in [1.807, 2.05) is 30.3 Å². The van der Waals surface area contributed by atoms with E-state index < -0.39 is 11.8 Å². The summed E-state index contributed by atoms with van der Waals surface area (Å²) < 4.78 is 14.2. The summed E-state index contributed by atoms with van der Waals surface area (Å²) in [4.78, 5) is 26.4. The molecule has 8 heteroatoms. The zero-order valence-electron chi connectivity index (χ0n) is 20.1. The predicted octanol–water partition coefficient (Wildman–Crippen LogP) is 6.28. The molecule has 0 saturated heterocycles. The molecule has 5 rings (SSSR count). The van der Waals surface area contributed by atoms with Crippen molar-refractivity contribution in [2.24, 2.45) is 5.92 Å². The number of carbonyl (C=O) groups is 2. The number of ether oxygens (including phenoxy) is 1. The van der Waals surface area contributed by atoms with E-state index in [1.54, 1.807) is 30.3 Å². The highest BCUT2D eigenvalue weighted by Gasteiger charge is 2.28. The van der Waals surface area contributed by atoms with Crippen LogP contribution in [0.1, 0.15) is 53.6 Å². The Balaban J connectivity index is 1.50. The fourth-order valence-corrected chi connectivity index (χ4v) is 5.38. The molecular formula is C29H26N2O5S. The number of carboxylic acids is 1. The molecular weight excluding hydrogens is 488 g/mol. The first-order chi connectivity index (χ1) is 18.0. The van der Waals surface area contributed by atoms with Gasteiger partial charge in [-0.1, -0.05) is 62.1 Å². The van der Waals surface area contributed by atoms with Crippen LogP contribution in [0.25, 0.3) is 16.6 Å². The average molecular weight is 515 g/mol. The van der Waals surface area contributed by atoms with Gasteiger partial charge in [-0.15, -0.1) is 0 Å². The number of hydrogen-bond acceptors (Lipinski definition) is 7. The summed E-state index contributed by atoms with van der Waals surface area (Å²) in [7, 11) is 0. The molecule has 0 bridgehead atoms. The number of allylic oxidation sites excluding steroid dienone is 1. The molecule has 7 nitrogen and oxygen atoms in total. The van der Waals surface area contributed by atoms with E-state index in [4.69, 9.17) is 4.74 Å². The summed E-state index contributed by atoms with van der Waals surface area (Å²) in [6, 6.07) is 19.1. The zero-order valence-corrected chi connectivity index (χ0v) is 20.9. The smallest absolute Gasteiger partial charge is 0.336 e. The number of rotatable bonds is 9. The third kappa shape index (κ3) is 5.54. The number of aromatic nitrogens is 2. The summed E-state index contributed by atoms with van der Waals surface area (Å²) in [6.07, 6.45) is 4.41. The van der Waals surface area contributed by atoms with Crippen LogP contribution in [-0.4, -0.2) is 30.7 Å². The van der Waals surface area contributed by atoms with Gasteiger partial charge in [0.25, 0.3) is 0 Å². The van der Waals surface area contributed by atoms with Gasteiger partial charge in [-0.2, -0.15) is 8.75 Å². The lowest BCUT2D eigenvalue weighted by Crippen LogP contribution is -2.14. The van der Waals surface area contributed by atoms with Crippen LogP contribution in [-0.2, 0) is 11.4 Å². The van der Waals surface area contributed by atoms with Crippen molar-refractivity contribution in [3.05, 3.63) is 89.0 Å². The average Bonchev–Trinajstić information content (AvgIpc) is 3.59. The van der Waals surface area contributed by atoms with Crippen molar-refractivity contribution in [2.45, 2.75) is 38.7 Å². The fourth-order valence-electron chi connectivity index (χ4n) is 4.87. The maximum absolute atomic E-state index is 13.8. The Hall–Kier alpha value is -4.04. The van der Waals surface area contributed by atoms with Crippen molar-refractivity contribution >= 4 is 40.1 Å². The van der Waals surface area contributed by atoms with Crippen LogP contribution in [0.2, 0.25) is 0 Å². The van der Waals surface area contributed by atoms with Gasteiger partial charge in [-0.25, -0.2) is 4.79 Å². The predicted molar refractivity (Wildman–Crippen MR) is 142 cm³/mol. The topological polar surface area (TPSA) is 110 Å². The molecule has 1 aromatic heterocycles. The molecule has 0 radical (unpaired) electrons. The van der Waals surface area contributed by atoms with Crippen molar-refractivity contribution in [1.82, 2.24) is 8.75 Å². The second kappa shape index (κ2) is 10.9. The van der Waals surface area contributed by atoms with Crippen molar-refractivity contribution < 1.29 is 24.5 Å². The number of ketones is 1. The van der Waals surface area contributed by atoms with Crippen LogP contribution in [0.4, 0.5) is 0 Å². The number of fused-ring (bicyclic) bond motifs is 1. The Bertz CT molecular complexity index is 1470. The van der Waals surface area contributed by atoms with Crippen molar-refractivity contribution in [2.75, 3.05) is 0 Å². The molecule has 1 aliphatic carbocycles. The van der Waals surface area contributed by atoms with E-state index >= 15 is 0 Å². The molecule has 1 fully saturated rings. The first-order valence-electron chi connectivity index (χ1n) is 12.2. The van der Waals surface area contributed by atoms with Crippen LogP contribution < -0.4 is 4.74 Å². The molecule has 0 aliphatic heterocycles. The quantitative estimate of drug-likeness (QED) is 0.200. The number of aliphatic carboxylic acids is 1.